The van der Waals surface area contributed by atoms with Gasteiger partial charge in [0.2, 0.25) is 0 Å². The number of rotatable bonds is 2. The minimum Gasteiger partial charge on any atom is -0.591 e. The highest BCUT2D eigenvalue weighted by molar-refractivity contribution is 7.91. The van der Waals surface area contributed by atoms with E-state index in [-0.39, 0.29) is 4.75 Å². The lowest BCUT2D eigenvalue weighted by atomic mass is 10.1. The van der Waals surface area contributed by atoms with Crippen LogP contribution in [0.15, 0.2) is 28.7 Å². The summed E-state index contributed by atoms with van der Waals surface area (Å²) >= 11 is -1.29. The Bertz CT molecular complexity index is 429. The van der Waals surface area contributed by atoms with E-state index in [1.165, 1.54) is 6.21 Å². The number of hydrogen-bond acceptors (Lipinski definition) is 3. The summed E-state index contributed by atoms with van der Waals surface area (Å²) in [7, 11) is 0. The fourth-order valence-corrected chi connectivity index (χ4v) is 1.50. The summed E-state index contributed by atoms with van der Waals surface area (Å²) in [6.07, 6.45) is 1.50. The van der Waals surface area contributed by atoms with Gasteiger partial charge in [-0.2, -0.15) is 5.26 Å². The normalized spacial score (nSPS) is 13.7. The van der Waals surface area contributed by atoms with Gasteiger partial charge in [-0.1, -0.05) is 22.6 Å². The molecular weight excluding hydrogens is 220 g/mol. The Kier molecular flexibility index (Phi) is 4.11. The minimum atomic E-state index is -1.29. The third-order valence-electron chi connectivity index (χ3n) is 1.89. The van der Waals surface area contributed by atoms with Gasteiger partial charge in [-0.25, -0.2) is 0 Å². The lowest BCUT2D eigenvalue weighted by Crippen LogP contribution is -2.25. The second kappa shape index (κ2) is 5.15. The van der Waals surface area contributed by atoms with Gasteiger partial charge in [0.1, 0.15) is 16.1 Å². The minimum absolute atomic E-state index is 0.377. The topological polar surface area (TPSA) is 59.2 Å². The first kappa shape index (κ1) is 12.8. The van der Waals surface area contributed by atoms with Crippen LogP contribution in [-0.4, -0.2) is 15.5 Å². The highest BCUT2D eigenvalue weighted by Crippen LogP contribution is 2.17. The third-order valence-corrected chi connectivity index (χ3v) is 3.24. The fraction of sp³-hybridized carbons (Fsp3) is 0.333. The number of benzene rings is 1. The van der Waals surface area contributed by atoms with E-state index in [2.05, 4.69) is 10.5 Å². The van der Waals surface area contributed by atoms with Crippen molar-refractivity contribution in [1.29, 1.82) is 5.26 Å². The molecule has 0 aliphatic heterocycles. The van der Waals surface area contributed by atoms with Crippen molar-refractivity contribution in [3.8, 4) is 6.07 Å². The molecule has 16 heavy (non-hydrogen) atoms. The van der Waals surface area contributed by atoms with Crippen molar-refractivity contribution >= 4 is 17.6 Å². The van der Waals surface area contributed by atoms with Crippen LogP contribution in [0.2, 0.25) is 0 Å². The SMILES string of the molecule is CC(C)(C)[S+]([O-])N=Cc1ccccc1C#N. The van der Waals surface area contributed by atoms with Gasteiger partial charge >= 0.3 is 0 Å². The van der Waals surface area contributed by atoms with E-state index in [0.717, 1.165) is 0 Å². The van der Waals surface area contributed by atoms with Gasteiger partial charge in [0.25, 0.3) is 0 Å². The number of nitrogens with zero attached hydrogens (tertiary/aromatic N) is 2. The Morgan fingerprint density at radius 2 is 2.00 bits per heavy atom. The van der Waals surface area contributed by atoms with Gasteiger partial charge in [0.05, 0.1) is 17.8 Å². The van der Waals surface area contributed by atoms with E-state index >= 15 is 0 Å². The summed E-state index contributed by atoms with van der Waals surface area (Å²) in [5.41, 5.74) is 1.24. The average Bonchev–Trinajstić information content (AvgIpc) is 2.24. The Hall–Kier alpha value is -1.31. The number of nitriles is 1. The van der Waals surface area contributed by atoms with Crippen LogP contribution >= 0.6 is 0 Å². The highest BCUT2D eigenvalue weighted by Gasteiger charge is 2.25. The van der Waals surface area contributed by atoms with E-state index in [4.69, 9.17) is 5.26 Å². The molecule has 1 aromatic carbocycles. The summed E-state index contributed by atoms with van der Waals surface area (Å²) in [5.74, 6) is 0. The van der Waals surface area contributed by atoms with Crippen molar-refractivity contribution in [2.75, 3.05) is 0 Å². The van der Waals surface area contributed by atoms with Gasteiger partial charge in [-0.15, -0.1) is 0 Å². The smallest absolute Gasteiger partial charge is 0.144 e. The zero-order chi connectivity index (χ0) is 12.2. The maximum absolute atomic E-state index is 11.7. The molecule has 0 aliphatic carbocycles. The molecule has 1 aromatic rings. The monoisotopic (exact) mass is 234 g/mol. The summed E-state index contributed by atoms with van der Waals surface area (Å²) in [4.78, 5) is 0. The second-order valence-electron chi connectivity index (χ2n) is 4.30. The summed E-state index contributed by atoms with van der Waals surface area (Å²) in [6, 6.07) is 9.17. The lowest BCUT2D eigenvalue weighted by molar-refractivity contribution is 0.562. The van der Waals surface area contributed by atoms with Crippen molar-refractivity contribution in [3.05, 3.63) is 35.4 Å². The van der Waals surface area contributed by atoms with E-state index in [0.29, 0.717) is 11.1 Å². The summed E-state index contributed by atoms with van der Waals surface area (Å²) in [6.45, 7) is 5.57. The molecule has 0 bridgehead atoms. The quantitative estimate of drug-likeness (QED) is 0.583. The molecule has 0 fully saturated rings. The largest absolute Gasteiger partial charge is 0.591 e. The first-order valence-corrected chi connectivity index (χ1v) is 6.01. The molecule has 84 valence electrons. The van der Waals surface area contributed by atoms with Gasteiger partial charge < -0.3 is 4.55 Å². The Morgan fingerprint density at radius 1 is 1.38 bits per heavy atom. The van der Waals surface area contributed by atoms with Crippen molar-refractivity contribution in [3.63, 3.8) is 0 Å². The summed E-state index contributed by atoms with van der Waals surface area (Å²) < 4.78 is 15.3. The van der Waals surface area contributed by atoms with Crippen LogP contribution in [0.4, 0.5) is 0 Å². The molecule has 1 atom stereocenters. The van der Waals surface area contributed by atoms with Gasteiger partial charge in [0, 0.05) is 5.56 Å². The molecule has 0 heterocycles. The average molecular weight is 234 g/mol. The van der Waals surface area contributed by atoms with Crippen LogP contribution in [0.3, 0.4) is 0 Å². The van der Waals surface area contributed by atoms with E-state index < -0.39 is 11.4 Å². The third kappa shape index (κ3) is 3.37. The Morgan fingerprint density at radius 3 is 2.56 bits per heavy atom. The van der Waals surface area contributed by atoms with Crippen LogP contribution in [0, 0.1) is 11.3 Å². The predicted octanol–water partition coefficient (Wildman–Crippen LogP) is 2.44. The maximum atomic E-state index is 11.7. The molecule has 0 aliphatic rings. The molecule has 0 radical (unpaired) electrons. The van der Waals surface area contributed by atoms with E-state index in [1.54, 1.807) is 18.2 Å². The molecule has 0 amide bonds. The zero-order valence-corrected chi connectivity index (χ0v) is 10.4. The van der Waals surface area contributed by atoms with Crippen LogP contribution in [-0.2, 0) is 11.4 Å². The standard InChI is InChI=1S/C12H14N2OS/c1-12(2,3)16(15)14-9-11-7-5-4-6-10(11)8-13/h4-7,9H,1-3H3. The maximum Gasteiger partial charge on any atom is 0.144 e. The van der Waals surface area contributed by atoms with Crippen molar-refractivity contribution in [2.24, 2.45) is 4.40 Å². The van der Waals surface area contributed by atoms with Gasteiger partial charge in [-0.05, 0) is 26.8 Å². The van der Waals surface area contributed by atoms with Crippen molar-refractivity contribution in [2.45, 2.75) is 25.5 Å². The first-order valence-electron chi connectivity index (χ1n) is 4.90. The number of hydrogen-bond donors (Lipinski definition) is 0. The van der Waals surface area contributed by atoms with Crippen LogP contribution in [0.5, 0.6) is 0 Å². The molecule has 1 rings (SSSR count). The van der Waals surface area contributed by atoms with E-state index in [9.17, 15) is 4.55 Å². The van der Waals surface area contributed by atoms with Gasteiger partial charge in [0.15, 0.2) is 0 Å². The molecule has 0 N–H and O–H groups in total. The lowest BCUT2D eigenvalue weighted by Gasteiger charge is -2.17. The van der Waals surface area contributed by atoms with Crippen molar-refractivity contribution in [1.82, 2.24) is 0 Å². The molecule has 1 unspecified atom stereocenters. The molecule has 3 nitrogen and oxygen atoms in total. The van der Waals surface area contributed by atoms with Crippen LogP contribution < -0.4 is 0 Å². The zero-order valence-electron chi connectivity index (χ0n) is 9.60. The van der Waals surface area contributed by atoms with E-state index in [1.807, 2.05) is 26.8 Å². The molecule has 0 saturated heterocycles. The molecule has 0 saturated carbocycles. The molecule has 0 spiro atoms. The second-order valence-corrected chi connectivity index (χ2v) is 6.23. The van der Waals surface area contributed by atoms with Crippen molar-refractivity contribution < 1.29 is 4.55 Å². The first-order chi connectivity index (χ1) is 7.45. The molecule has 0 aromatic heterocycles. The predicted molar refractivity (Wildman–Crippen MR) is 66.6 cm³/mol. The van der Waals surface area contributed by atoms with Crippen LogP contribution in [0.1, 0.15) is 31.9 Å². The molecule has 4 heteroatoms. The molecular formula is C12H14N2OS. The Labute approximate surface area is 99.1 Å². The van der Waals surface area contributed by atoms with Crippen LogP contribution in [0.25, 0.3) is 0 Å². The summed E-state index contributed by atoms with van der Waals surface area (Å²) in [5, 5.41) is 8.86. The highest BCUT2D eigenvalue weighted by atomic mass is 32.2. The fourth-order valence-electron chi connectivity index (χ4n) is 0.974. The van der Waals surface area contributed by atoms with Gasteiger partial charge in [-0.3, -0.25) is 0 Å². The Balaban J connectivity index is 2.89.